The fourth-order valence-corrected chi connectivity index (χ4v) is 1.62. The van der Waals surface area contributed by atoms with Gasteiger partial charge in [0, 0.05) is 5.56 Å². The van der Waals surface area contributed by atoms with E-state index < -0.39 is 0 Å². The normalized spacial score (nSPS) is 9.57. The van der Waals surface area contributed by atoms with Crippen molar-refractivity contribution in [2.45, 2.75) is 0 Å². The van der Waals surface area contributed by atoms with Gasteiger partial charge in [0.15, 0.2) is 0 Å². The summed E-state index contributed by atoms with van der Waals surface area (Å²) in [6.45, 7) is 0. The van der Waals surface area contributed by atoms with E-state index >= 15 is 0 Å². The van der Waals surface area contributed by atoms with Crippen molar-refractivity contribution in [1.29, 1.82) is 5.26 Å². The number of ether oxygens (including phenoxy) is 2. The van der Waals surface area contributed by atoms with Crippen LogP contribution in [-0.2, 0) is 0 Å². The fraction of sp³-hybridized carbons (Fsp3) is 0.143. The molecule has 0 aliphatic rings. The standard InChI is InChI=1S/C14H12N4O3/c1-20-13-11(8-16-14(18-13)21-2)17-12(19)10-5-3-4-9(6-10)7-15/h3-6,8H,1-2H3,(H,17,19). The molecule has 1 N–H and O–H groups in total. The lowest BCUT2D eigenvalue weighted by Gasteiger charge is -2.09. The summed E-state index contributed by atoms with van der Waals surface area (Å²) in [5, 5.41) is 11.5. The van der Waals surface area contributed by atoms with E-state index in [1.165, 1.54) is 26.5 Å². The first-order chi connectivity index (χ1) is 10.2. The molecule has 0 saturated heterocycles. The van der Waals surface area contributed by atoms with Crippen molar-refractivity contribution in [1.82, 2.24) is 9.97 Å². The number of nitrogens with one attached hydrogen (secondary N) is 1. The van der Waals surface area contributed by atoms with Crippen LogP contribution in [0.2, 0.25) is 0 Å². The van der Waals surface area contributed by atoms with Crippen LogP contribution in [-0.4, -0.2) is 30.1 Å². The smallest absolute Gasteiger partial charge is 0.319 e. The Morgan fingerprint density at radius 1 is 1.33 bits per heavy atom. The van der Waals surface area contributed by atoms with Crippen molar-refractivity contribution in [3.05, 3.63) is 41.6 Å². The molecule has 7 heteroatoms. The first-order valence-electron chi connectivity index (χ1n) is 5.94. The van der Waals surface area contributed by atoms with Crippen LogP contribution in [0.5, 0.6) is 11.9 Å². The van der Waals surface area contributed by atoms with Crippen molar-refractivity contribution in [2.75, 3.05) is 19.5 Å². The number of benzene rings is 1. The second-order valence-electron chi connectivity index (χ2n) is 3.93. The molecule has 0 spiro atoms. The monoisotopic (exact) mass is 284 g/mol. The zero-order valence-corrected chi connectivity index (χ0v) is 11.5. The van der Waals surface area contributed by atoms with Crippen LogP contribution in [0.3, 0.4) is 0 Å². The van der Waals surface area contributed by atoms with Crippen molar-refractivity contribution in [3.63, 3.8) is 0 Å². The van der Waals surface area contributed by atoms with Crippen molar-refractivity contribution in [2.24, 2.45) is 0 Å². The Bertz CT molecular complexity index is 710. The third-order valence-electron chi connectivity index (χ3n) is 2.61. The molecule has 106 valence electrons. The number of nitrogens with zero attached hydrogens (tertiary/aromatic N) is 3. The highest BCUT2D eigenvalue weighted by Crippen LogP contribution is 2.23. The van der Waals surface area contributed by atoms with Gasteiger partial charge in [0.2, 0.25) is 5.88 Å². The first-order valence-corrected chi connectivity index (χ1v) is 5.94. The average Bonchev–Trinajstić information content (AvgIpc) is 2.55. The van der Waals surface area contributed by atoms with Gasteiger partial charge in [-0.25, -0.2) is 4.98 Å². The number of amides is 1. The zero-order valence-electron chi connectivity index (χ0n) is 11.5. The Labute approximate surface area is 121 Å². The lowest BCUT2D eigenvalue weighted by atomic mass is 10.1. The summed E-state index contributed by atoms with van der Waals surface area (Å²) in [7, 11) is 2.86. The Hall–Kier alpha value is -3.14. The minimum absolute atomic E-state index is 0.135. The molecule has 0 atom stereocenters. The average molecular weight is 284 g/mol. The summed E-state index contributed by atoms with van der Waals surface area (Å²) in [5.74, 6) is -0.203. The van der Waals surface area contributed by atoms with E-state index in [1.54, 1.807) is 18.2 Å². The molecular formula is C14H12N4O3. The van der Waals surface area contributed by atoms with Gasteiger partial charge in [-0.3, -0.25) is 4.79 Å². The van der Waals surface area contributed by atoms with Crippen LogP contribution < -0.4 is 14.8 Å². The molecule has 1 heterocycles. The fourth-order valence-electron chi connectivity index (χ4n) is 1.62. The molecular weight excluding hydrogens is 272 g/mol. The third kappa shape index (κ3) is 3.25. The van der Waals surface area contributed by atoms with Gasteiger partial charge >= 0.3 is 6.01 Å². The molecule has 21 heavy (non-hydrogen) atoms. The van der Waals surface area contributed by atoms with E-state index in [-0.39, 0.29) is 17.8 Å². The van der Waals surface area contributed by atoms with Crippen LogP contribution in [0.25, 0.3) is 0 Å². The van der Waals surface area contributed by atoms with Gasteiger partial charge in [-0.05, 0) is 18.2 Å². The Morgan fingerprint density at radius 2 is 2.14 bits per heavy atom. The summed E-state index contributed by atoms with van der Waals surface area (Å²) < 4.78 is 9.95. The third-order valence-corrected chi connectivity index (χ3v) is 2.61. The second-order valence-corrected chi connectivity index (χ2v) is 3.93. The van der Waals surface area contributed by atoms with Crippen molar-refractivity contribution >= 4 is 11.6 Å². The van der Waals surface area contributed by atoms with Crippen LogP contribution in [0.1, 0.15) is 15.9 Å². The summed E-state index contributed by atoms with van der Waals surface area (Å²) in [6.07, 6.45) is 1.39. The number of nitriles is 1. The minimum Gasteiger partial charge on any atom is -0.479 e. The maximum absolute atomic E-state index is 12.1. The number of aromatic nitrogens is 2. The van der Waals surface area contributed by atoms with E-state index in [2.05, 4.69) is 15.3 Å². The molecule has 2 aromatic rings. The molecule has 0 unspecified atom stereocenters. The summed E-state index contributed by atoms with van der Waals surface area (Å²) in [4.78, 5) is 20.0. The van der Waals surface area contributed by atoms with Crippen molar-refractivity contribution < 1.29 is 14.3 Å². The Morgan fingerprint density at radius 3 is 2.81 bits per heavy atom. The highest BCUT2D eigenvalue weighted by molar-refractivity contribution is 6.04. The van der Waals surface area contributed by atoms with E-state index in [0.717, 1.165) is 0 Å². The molecule has 0 fully saturated rings. The van der Waals surface area contributed by atoms with Crippen LogP contribution in [0, 0.1) is 11.3 Å². The molecule has 1 amide bonds. The number of hydrogen-bond acceptors (Lipinski definition) is 6. The lowest BCUT2D eigenvalue weighted by molar-refractivity contribution is 0.102. The summed E-state index contributed by atoms with van der Waals surface area (Å²) in [5.41, 5.74) is 1.07. The molecule has 1 aromatic carbocycles. The van der Waals surface area contributed by atoms with Crippen LogP contribution in [0.15, 0.2) is 30.5 Å². The maximum Gasteiger partial charge on any atom is 0.319 e. The van der Waals surface area contributed by atoms with Gasteiger partial charge in [0.25, 0.3) is 5.91 Å². The topological polar surface area (TPSA) is 97.1 Å². The molecule has 2 rings (SSSR count). The van der Waals surface area contributed by atoms with E-state index in [9.17, 15) is 4.79 Å². The molecule has 0 saturated carbocycles. The maximum atomic E-state index is 12.1. The first kappa shape index (κ1) is 14.3. The second kappa shape index (κ2) is 6.34. The Balaban J connectivity index is 2.25. The van der Waals surface area contributed by atoms with Crippen LogP contribution >= 0.6 is 0 Å². The number of rotatable bonds is 4. The number of carbonyl (C=O) groups excluding carboxylic acids is 1. The quantitative estimate of drug-likeness (QED) is 0.916. The highest BCUT2D eigenvalue weighted by Gasteiger charge is 2.13. The summed E-state index contributed by atoms with van der Waals surface area (Å²) >= 11 is 0. The predicted octanol–water partition coefficient (Wildman–Crippen LogP) is 1.62. The highest BCUT2D eigenvalue weighted by atomic mass is 16.5. The largest absolute Gasteiger partial charge is 0.479 e. The van der Waals surface area contributed by atoms with Gasteiger partial charge in [0.1, 0.15) is 5.69 Å². The number of carbonyl (C=O) groups is 1. The molecule has 0 aliphatic heterocycles. The van der Waals surface area contributed by atoms with Gasteiger partial charge in [0.05, 0.1) is 32.0 Å². The zero-order chi connectivity index (χ0) is 15.2. The number of hydrogen-bond donors (Lipinski definition) is 1. The molecule has 7 nitrogen and oxygen atoms in total. The molecule has 0 aliphatic carbocycles. The minimum atomic E-state index is -0.390. The van der Waals surface area contributed by atoms with E-state index in [1.807, 2.05) is 6.07 Å². The number of anilines is 1. The Kier molecular flexibility index (Phi) is 4.31. The summed E-state index contributed by atoms with van der Waals surface area (Å²) in [6, 6.07) is 8.46. The van der Waals surface area contributed by atoms with Gasteiger partial charge in [-0.1, -0.05) is 6.07 Å². The van der Waals surface area contributed by atoms with E-state index in [4.69, 9.17) is 14.7 Å². The van der Waals surface area contributed by atoms with Gasteiger partial charge in [-0.2, -0.15) is 10.2 Å². The van der Waals surface area contributed by atoms with E-state index in [0.29, 0.717) is 16.8 Å². The SMILES string of the molecule is COc1ncc(NC(=O)c2cccc(C#N)c2)c(OC)n1. The van der Waals surface area contributed by atoms with Crippen LogP contribution in [0.4, 0.5) is 5.69 Å². The molecule has 0 radical (unpaired) electrons. The number of methoxy groups -OCH3 is 2. The van der Waals surface area contributed by atoms with Gasteiger partial charge < -0.3 is 14.8 Å². The van der Waals surface area contributed by atoms with Gasteiger partial charge in [-0.15, -0.1) is 0 Å². The predicted molar refractivity (Wildman–Crippen MR) is 74.2 cm³/mol. The lowest BCUT2D eigenvalue weighted by Crippen LogP contribution is -2.13. The van der Waals surface area contributed by atoms with Crippen molar-refractivity contribution in [3.8, 4) is 18.0 Å². The molecule has 1 aromatic heterocycles. The molecule has 0 bridgehead atoms.